The molecule has 0 fully saturated rings. The Balaban J connectivity index is 3.06. The number of hydrogen-bond acceptors (Lipinski definition) is 3. The summed E-state index contributed by atoms with van der Waals surface area (Å²) in [5.74, 6) is -0.885. The molecule has 0 saturated carbocycles. The Hall–Kier alpha value is -2.30. The number of ether oxygens (including phenoxy) is 1. The maximum Gasteiger partial charge on any atom is 0.328 e. The van der Waals surface area contributed by atoms with Crippen molar-refractivity contribution in [2.75, 3.05) is 0 Å². The van der Waals surface area contributed by atoms with E-state index >= 15 is 0 Å². The third-order valence-corrected chi connectivity index (χ3v) is 2.85. The second-order valence-corrected chi connectivity index (χ2v) is 4.57. The van der Waals surface area contributed by atoms with Gasteiger partial charge in [-0.2, -0.15) is 0 Å². The van der Waals surface area contributed by atoms with Crippen LogP contribution < -0.4 is 10.5 Å². The van der Waals surface area contributed by atoms with Crippen molar-refractivity contribution in [3.05, 3.63) is 34.9 Å². The summed E-state index contributed by atoms with van der Waals surface area (Å²) in [5, 5.41) is 8.62. The molecule has 5 nitrogen and oxygen atoms in total. The third-order valence-electron chi connectivity index (χ3n) is 2.85. The minimum atomic E-state index is -1.000. The Kier molecular flexibility index (Phi) is 5.32. The Morgan fingerprint density at radius 2 is 1.90 bits per heavy atom. The second-order valence-electron chi connectivity index (χ2n) is 4.57. The number of benzene rings is 1. The van der Waals surface area contributed by atoms with Crippen LogP contribution in [-0.2, 0) is 9.59 Å². The number of carbonyl (C=O) groups is 2. The summed E-state index contributed by atoms with van der Waals surface area (Å²) >= 11 is 0. The van der Waals surface area contributed by atoms with Crippen LogP contribution in [0.1, 0.15) is 30.0 Å². The first-order valence-corrected chi connectivity index (χ1v) is 6.33. The number of aryl methyl sites for hydroxylation is 2. The lowest BCUT2D eigenvalue weighted by Gasteiger charge is -2.18. The summed E-state index contributed by atoms with van der Waals surface area (Å²) in [6, 6.07) is 3.60. The second kappa shape index (κ2) is 6.75. The molecule has 1 amide bonds. The fourth-order valence-corrected chi connectivity index (χ4v) is 1.92. The topological polar surface area (TPSA) is 89.6 Å². The van der Waals surface area contributed by atoms with Gasteiger partial charge in [-0.05, 0) is 55.2 Å². The van der Waals surface area contributed by atoms with Crippen LogP contribution in [0, 0.1) is 13.8 Å². The van der Waals surface area contributed by atoms with E-state index in [0.717, 1.165) is 22.8 Å². The maximum atomic E-state index is 11.2. The number of amides is 1. The van der Waals surface area contributed by atoms with Crippen LogP contribution in [0.3, 0.4) is 0 Å². The molecule has 0 bridgehead atoms. The molecule has 1 aromatic rings. The fraction of sp³-hybridized carbons (Fsp3) is 0.333. The molecular weight excluding hydrogens is 258 g/mol. The van der Waals surface area contributed by atoms with E-state index in [1.165, 1.54) is 6.08 Å². The summed E-state index contributed by atoms with van der Waals surface area (Å²) in [4.78, 5) is 21.7. The molecule has 20 heavy (non-hydrogen) atoms. The highest BCUT2D eigenvalue weighted by Gasteiger charge is 2.17. The van der Waals surface area contributed by atoms with Crippen LogP contribution in [0.5, 0.6) is 5.75 Å². The first-order chi connectivity index (χ1) is 9.35. The normalized spacial score (nSPS) is 12.3. The van der Waals surface area contributed by atoms with Gasteiger partial charge in [-0.1, -0.05) is 6.92 Å². The van der Waals surface area contributed by atoms with Gasteiger partial charge >= 0.3 is 5.97 Å². The smallest absolute Gasteiger partial charge is 0.328 e. The maximum absolute atomic E-state index is 11.2. The highest BCUT2D eigenvalue weighted by Crippen LogP contribution is 2.27. The minimum Gasteiger partial charge on any atom is -0.480 e. The van der Waals surface area contributed by atoms with Gasteiger partial charge in [0.25, 0.3) is 5.91 Å². The van der Waals surface area contributed by atoms with E-state index in [2.05, 4.69) is 0 Å². The minimum absolute atomic E-state index is 0.495. The van der Waals surface area contributed by atoms with E-state index in [0.29, 0.717) is 12.2 Å². The van der Waals surface area contributed by atoms with Crippen LogP contribution in [0.2, 0.25) is 0 Å². The molecular formula is C15H19NO4. The van der Waals surface area contributed by atoms with Gasteiger partial charge in [0.15, 0.2) is 6.10 Å². The lowest BCUT2D eigenvalue weighted by Crippen LogP contribution is -2.33. The predicted molar refractivity (Wildman–Crippen MR) is 76.5 cm³/mol. The zero-order chi connectivity index (χ0) is 15.3. The molecule has 0 aromatic heterocycles. The monoisotopic (exact) mass is 277 g/mol. The van der Waals surface area contributed by atoms with E-state index in [1.54, 1.807) is 12.1 Å². The molecule has 108 valence electrons. The van der Waals surface area contributed by atoms with Crippen molar-refractivity contribution < 1.29 is 19.4 Å². The van der Waals surface area contributed by atoms with E-state index in [-0.39, 0.29) is 0 Å². The summed E-state index contributed by atoms with van der Waals surface area (Å²) < 4.78 is 5.65. The van der Waals surface area contributed by atoms with Gasteiger partial charge in [-0.15, -0.1) is 0 Å². The van der Waals surface area contributed by atoms with Crippen LogP contribution in [0.25, 0.3) is 6.08 Å². The fourth-order valence-electron chi connectivity index (χ4n) is 1.92. The summed E-state index contributed by atoms with van der Waals surface area (Å²) in [6.07, 6.45) is 2.42. The summed E-state index contributed by atoms with van der Waals surface area (Å²) in [7, 11) is 0. The van der Waals surface area contributed by atoms with E-state index in [1.807, 2.05) is 20.8 Å². The van der Waals surface area contributed by atoms with Crippen molar-refractivity contribution in [1.82, 2.24) is 0 Å². The Labute approximate surface area is 118 Å². The molecule has 0 spiro atoms. The average Bonchev–Trinajstić information content (AvgIpc) is 2.35. The van der Waals surface area contributed by atoms with Crippen LogP contribution in [0.15, 0.2) is 18.2 Å². The van der Waals surface area contributed by atoms with E-state index in [9.17, 15) is 9.59 Å². The lowest BCUT2D eigenvalue weighted by molar-refractivity contribution is -0.131. The molecule has 1 unspecified atom stereocenters. The van der Waals surface area contributed by atoms with E-state index in [4.69, 9.17) is 15.6 Å². The number of rotatable bonds is 6. The molecule has 1 atom stereocenters. The number of carbonyl (C=O) groups excluding carboxylic acids is 1. The molecule has 5 heteroatoms. The first kappa shape index (κ1) is 15.8. The van der Waals surface area contributed by atoms with Gasteiger partial charge in [-0.25, -0.2) is 4.79 Å². The predicted octanol–water partition coefficient (Wildman–Crippen LogP) is 2.04. The molecule has 0 heterocycles. The summed E-state index contributed by atoms with van der Waals surface area (Å²) in [5.41, 5.74) is 7.69. The molecule has 1 aromatic carbocycles. The largest absolute Gasteiger partial charge is 0.480 e. The zero-order valence-electron chi connectivity index (χ0n) is 11.8. The number of carboxylic acid groups (broad SMARTS) is 1. The molecule has 1 rings (SSSR count). The Morgan fingerprint density at radius 1 is 1.35 bits per heavy atom. The van der Waals surface area contributed by atoms with Crippen molar-refractivity contribution in [1.29, 1.82) is 0 Å². The lowest BCUT2D eigenvalue weighted by atomic mass is 10.0. The Morgan fingerprint density at radius 3 is 2.30 bits per heavy atom. The highest BCUT2D eigenvalue weighted by atomic mass is 16.5. The summed E-state index contributed by atoms with van der Waals surface area (Å²) in [6.45, 7) is 5.51. The van der Waals surface area contributed by atoms with Gasteiger partial charge in [-0.3, -0.25) is 4.79 Å². The average molecular weight is 277 g/mol. The molecule has 3 N–H and O–H groups in total. The standard InChI is InChI=1S/C15H19NO4/c1-4-12(15(16)19)20-14-9(2)7-11(8-10(14)3)5-6-13(17)18/h5-8,12H,4H2,1-3H3,(H2,16,19)(H,17,18). The van der Waals surface area contributed by atoms with Gasteiger partial charge in [0.1, 0.15) is 5.75 Å². The van der Waals surface area contributed by atoms with Gasteiger partial charge in [0, 0.05) is 6.08 Å². The van der Waals surface area contributed by atoms with Gasteiger partial charge < -0.3 is 15.6 Å². The quantitative estimate of drug-likeness (QED) is 0.779. The number of hydrogen-bond donors (Lipinski definition) is 2. The molecule has 0 radical (unpaired) electrons. The molecule has 0 aliphatic rings. The third kappa shape index (κ3) is 4.12. The molecule has 0 aliphatic carbocycles. The zero-order valence-corrected chi connectivity index (χ0v) is 11.8. The number of nitrogens with two attached hydrogens (primary N) is 1. The number of primary amides is 1. The first-order valence-electron chi connectivity index (χ1n) is 6.33. The van der Waals surface area contributed by atoms with Crippen LogP contribution in [-0.4, -0.2) is 23.1 Å². The molecule has 0 saturated heterocycles. The highest BCUT2D eigenvalue weighted by molar-refractivity contribution is 5.85. The van der Waals surface area contributed by atoms with Crippen LogP contribution in [0.4, 0.5) is 0 Å². The SMILES string of the molecule is CCC(Oc1c(C)cc(C=CC(=O)O)cc1C)C(N)=O. The van der Waals surface area contributed by atoms with E-state index < -0.39 is 18.0 Å². The van der Waals surface area contributed by atoms with Crippen molar-refractivity contribution in [2.45, 2.75) is 33.3 Å². The van der Waals surface area contributed by atoms with Crippen LogP contribution >= 0.6 is 0 Å². The Bertz CT molecular complexity index is 526. The van der Waals surface area contributed by atoms with Gasteiger partial charge in [0.05, 0.1) is 0 Å². The van der Waals surface area contributed by atoms with Crippen molar-refractivity contribution in [3.8, 4) is 5.75 Å². The number of aliphatic carboxylic acids is 1. The van der Waals surface area contributed by atoms with Gasteiger partial charge in [0.2, 0.25) is 0 Å². The van der Waals surface area contributed by atoms with Crippen molar-refractivity contribution in [3.63, 3.8) is 0 Å². The number of carboxylic acids is 1. The van der Waals surface area contributed by atoms with Crippen molar-refractivity contribution >= 4 is 18.0 Å². The van der Waals surface area contributed by atoms with Crippen molar-refractivity contribution in [2.24, 2.45) is 5.73 Å². The molecule has 0 aliphatic heterocycles.